The highest BCUT2D eigenvalue weighted by molar-refractivity contribution is 5.99. The Morgan fingerprint density at radius 3 is 2.43 bits per heavy atom. The first-order chi connectivity index (χ1) is 9.70. The summed E-state index contributed by atoms with van der Waals surface area (Å²) >= 11 is 0. The second-order valence-corrected chi connectivity index (χ2v) is 5.90. The lowest BCUT2D eigenvalue weighted by atomic mass is 9.77. The van der Waals surface area contributed by atoms with Crippen LogP contribution in [-0.4, -0.2) is 12.0 Å². The summed E-state index contributed by atoms with van der Waals surface area (Å²) in [5, 5.41) is 0. The van der Waals surface area contributed by atoms with Gasteiger partial charge in [-0.15, -0.1) is 0 Å². The number of carbonyl (C=O) groups is 1. The standard InChI is InChI=1S/C16H18F4O/c1-9-6-10(2)14(13(17)7-9)15(21)11-4-3-5-12(8-11)16(18,19)20/h6-7,11-12H,3-5,8H2,1-2H3. The highest BCUT2D eigenvalue weighted by atomic mass is 19.4. The summed E-state index contributed by atoms with van der Waals surface area (Å²) in [4.78, 5) is 12.4. The van der Waals surface area contributed by atoms with Gasteiger partial charge in [-0.2, -0.15) is 13.2 Å². The molecule has 0 aliphatic heterocycles. The lowest BCUT2D eigenvalue weighted by Gasteiger charge is -2.30. The maximum absolute atomic E-state index is 14.0. The van der Waals surface area contributed by atoms with E-state index in [2.05, 4.69) is 0 Å². The smallest absolute Gasteiger partial charge is 0.294 e. The molecule has 2 rings (SSSR count). The zero-order valence-corrected chi connectivity index (χ0v) is 12.1. The van der Waals surface area contributed by atoms with E-state index in [4.69, 9.17) is 0 Å². The van der Waals surface area contributed by atoms with Crippen molar-refractivity contribution in [2.75, 3.05) is 0 Å². The van der Waals surface area contributed by atoms with Gasteiger partial charge in [0.15, 0.2) is 5.78 Å². The molecule has 0 saturated heterocycles. The van der Waals surface area contributed by atoms with Crippen molar-refractivity contribution in [2.24, 2.45) is 11.8 Å². The van der Waals surface area contributed by atoms with Crippen LogP contribution in [-0.2, 0) is 0 Å². The van der Waals surface area contributed by atoms with Gasteiger partial charge >= 0.3 is 6.18 Å². The van der Waals surface area contributed by atoms with Crippen molar-refractivity contribution < 1.29 is 22.4 Å². The number of halogens is 4. The van der Waals surface area contributed by atoms with Crippen molar-refractivity contribution in [3.8, 4) is 0 Å². The summed E-state index contributed by atoms with van der Waals surface area (Å²) in [6.45, 7) is 3.33. The molecule has 1 aromatic carbocycles. The second kappa shape index (κ2) is 5.78. The van der Waals surface area contributed by atoms with Crippen LogP contribution >= 0.6 is 0 Å². The molecule has 0 bridgehead atoms. The van der Waals surface area contributed by atoms with Gasteiger partial charge in [0.1, 0.15) is 5.82 Å². The van der Waals surface area contributed by atoms with Crippen LogP contribution in [0.3, 0.4) is 0 Å². The molecule has 1 nitrogen and oxygen atoms in total. The second-order valence-electron chi connectivity index (χ2n) is 5.90. The van der Waals surface area contributed by atoms with Crippen LogP contribution < -0.4 is 0 Å². The van der Waals surface area contributed by atoms with Crippen molar-refractivity contribution in [2.45, 2.75) is 45.7 Å². The molecular weight excluding hydrogens is 284 g/mol. The fourth-order valence-corrected chi connectivity index (χ4v) is 3.16. The number of Topliss-reactive ketones (excluding diaryl/α,β-unsaturated/α-hetero) is 1. The molecule has 5 heteroatoms. The van der Waals surface area contributed by atoms with E-state index < -0.39 is 29.6 Å². The van der Waals surface area contributed by atoms with Crippen molar-refractivity contribution >= 4 is 5.78 Å². The third-order valence-corrected chi connectivity index (χ3v) is 4.19. The Balaban J connectivity index is 2.24. The van der Waals surface area contributed by atoms with E-state index >= 15 is 0 Å². The fraction of sp³-hybridized carbons (Fsp3) is 0.562. The molecule has 1 aliphatic rings. The Morgan fingerprint density at radius 2 is 1.86 bits per heavy atom. The lowest BCUT2D eigenvalue weighted by molar-refractivity contribution is -0.184. The quantitative estimate of drug-likeness (QED) is 0.555. The van der Waals surface area contributed by atoms with Gasteiger partial charge in [-0.3, -0.25) is 4.79 Å². The molecule has 21 heavy (non-hydrogen) atoms. The topological polar surface area (TPSA) is 17.1 Å². The number of aryl methyl sites for hydroxylation is 2. The minimum Gasteiger partial charge on any atom is -0.294 e. The number of hydrogen-bond donors (Lipinski definition) is 0. The Morgan fingerprint density at radius 1 is 1.19 bits per heavy atom. The van der Waals surface area contributed by atoms with Crippen LogP contribution in [0.5, 0.6) is 0 Å². The van der Waals surface area contributed by atoms with Crippen molar-refractivity contribution in [3.05, 3.63) is 34.6 Å². The monoisotopic (exact) mass is 302 g/mol. The largest absolute Gasteiger partial charge is 0.391 e. The van der Waals surface area contributed by atoms with Crippen LogP contribution in [0.1, 0.15) is 47.2 Å². The molecule has 1 aromatic rings. The zero-order chi connectivity index (χ0) is 15.8. The van der Waals surface area contributed by atoms with Crippen LogP contribution in [0.25, 0.3) is 0 Å². The first-order valence-electron chi connectivity index (χ1n) is 7.08. The van der Waals surface area contributed by atoms with Crippen molar-refractivity contribution in [1.29, 1.82) is 0 Å². The van der Waals surface area contributed by atoms with E-state index in [0.29, 0.717) is 24.0 Å². The zero-order valence-electron chi connectivity index (χ0n) is 12.1. The number of alkyl halides is 3. The summed E-state index contributed by atoms with van der Waals surface area (Å²) < 4.78 is 52.4. The predicted octanol–water partition coefficient (Wildman–Crippen LogP) is 4.99. The third kappa shape index (κ3) is 3.44. The summed E-state index contributed by atoms with van der Waals surface area (Å²) in [5.74, 6) is -3.30. The molecule has 0 N–H and O–H groups in total. The van der Waals surface area contributed by atoms with Gasteiger partial charge in [0.05, 0.1) is 11.5 Å². The first-order valence-corrected chi connectivity index (χ1v) is 7.08. The molecule has 0 aromatic heterocycles. The van der Waals surface area contributed by atoms with E-state index in [1.807, 2.05) is 0 Å². The van der Waals surface area contributed by atoms with E-state index in [1.165, 1.54) is 6.07 Å². The summed E-state index contributed by atoms with van der Waals surface area (Å²) in [5.41, 5.74) is 1.14. The molecule has 2 unspecified atom stereocenters. The normalized spacial score (nSPS) is 23.1. The number of ketones is 1. The number of benzene rings is 1. The first kappa shape index (κ1) is 16.0. The van der Waals surface area contributed by atoms with E-state index in [0.717, 1.165) is 0 Å². The molecule has 1 saturated carbocycles. The van der Waals surface area contributed by atoms with E-state index in [1.54, 1.807) is 19.9 Å². The Bertz CT molecular complexity index is 525. The number of rotatable bonds is 2. The van der Waals surface area contributed by atoms with E-state index in [-0.39, 0.29) is 18.4 Å². The van der Waals surface area contributed by atoms with E-state index in [9.17, 15) is 22.4 Å². The molecule has 1 fully saturated rings. The SMILES string of the molecule is Cc1cc(C)c(C(=O)C2CCCC(C(F)(F)F)C2)c(F)c1. The van der Waals surface area contributed by atoms with Gasteiger partial charge < -0.3 is 0 Å². The van der Waals surface area contributed by atoms with Gasteiger partial charge in [0.25, 0.3) is 0 Å². The third-order valence-electron chi connectivity index (χ3n) is 4.19. The molecule has 0 heterocycles. The molecule has 116 valence electrons. The highest BCUT2D eigenvalue weighted by Crippen LogP contribution is 2.41. The van der Waals surface area contributed by atoms with Gasteiger partial charge in [0.2, 0.25) is 0 Å². The fourth-order valence-electron chi connectivity index (χ4n) is 3.16. The molecule has 2 atom stereocenters. The Hall–Kier alpha value is -1.39. The molecule has 1 aliphatic carbocycles. The predicted molar refractivity (Wildman–Crippen MR) is 71.7 cm³/mol. The van der Waals surface area contributed by atoms with Gasteiger partial charge in [-0.1, -0.05) is 12.5 Å². The van der Waals surface area contributed by atoms with Crippen LogP contribution in [0.4, 0.5) is 17.6 Å². The van der Waals surface area contributed by atoms with Crippen molar-refractivity contribution in [1.82, 2.24) is 0 Å². The Kier molecular flexibility index (Phi) is 4.40. The molecular formula is C16H18F4O. The van der Waals surface area contributed by atoms with Crippen molar-refractivity contribution in [3.63, 3.8) is 0 Å². The minimum absolute atomic E-state index is 0.0478. The Labute approximate surface area is 121 Å². The average Bonchev–Trinajstić information content (AvgIpc) is 2.36. The number of carbonyl (C=O) groups excluding carboxylic acids is 1. The number of hydrogen-bond acceptors (Lipinski definition) is 1. The molecule has 0 radical (unpaired) electrons. The van der Waals surface area contributed by atoms with Crippen LogP contribution in [0.2, 0.25) is 0 Å². The van der Waals surface area contributed by atoms with Gasteiger partial charge in [-0.25, -0.2) is 4.39 Å². The maximum atomic E-state index is 14.0. The van der Waals surface area contributed by atoms with Gasteiger partial charge in [0, 0.05) is 5.92 Å². The highest BCUT2D eigenvalue weighted by Gasteiger charge is 2.44. The average molecular weight is 302 g/mol. The van der Waals surface area contributed by atoms with Crippen LogP contribution in [0, 0.1) is 31.5 Å². The lowest BCUT2D eigenvalue weighted by Crippen LogP contribution is -2.32. The van der Waals surface area contributed by atoms with Gasteiger partial charge in [-0.05, 0) is 50.3 Å². The summed E-state index contributed by atoms with van der Waals surface area (Å²) in [6.07, 6.45) is -3.69. The maximum Gasteiger partial charge on any atom is 0.391 e. The summed E-state index contributed by atoms with van der Waals surface area (Å²) in [6, 6.07) is 2.94. The molecule has 0 spiro atoms. The summed E-state index contributed by atoms with van der Waals surface area (Å²) in [7, 11) is 0. The minimum atomic E-state index is -4.28. The van der Waals surface area contributed by atoms with Crippen LogP contribution in [0.15, 0.2) is 12.1 Å². The molecule has 0 amide bonds.